The number of hydrogen-bond acceptors (Lipinski definition) is 3. The number of piperidine rings is 1. The molecule has 1 fully saturated rings. The van der Waals surface area contributed by atoms with Gasteiger partial charge in [0.1, 0.15) is 0 Å². The minimum atomic E-state index is 0.359. The Labute approximate surface area is 108 Å². The number of hydrogen-bond donors (Lipinski definition) is 1. The standard InChI is InChI=1S/C12H22N4S/c1-4-10-6-5-7-15(8-10)11-13-14-12(17)16(11)9(2)3/h9-10H,4-8H2,1-3H3,(H,14,17). The first-order valence-corrected chi connectivity index (χ1v) is 6.96. The van der Waals surface area contributed by atoms with E-state index >= 15 is 0 Å². The number of aromatic amines is 1. The summed E-state index contributed by atoms with van der Waals surface area (Å²) in [5, 5.41) is 7.32. The predicted molar refractivity (Wildman–Crippen MR) is 73.0 cm³/mol. The highest BCUT2D eigenvalue weighted by atomic mass is 32.1. The number of nitrogens with zero attached hydrogens (tertiary/aromatic N) is 3. The molecule has 1 aromatic rings. The van der Waals surface area contributed by atoms with Crippen LogP contribution in [0.3, 0.4) is 0 Å². The van der Waals surface area contributed by atoms with Crippen molar-refractivity contribution >= 4 is 18.2 Å². The minimum absolute atomic E-state index is 0.359. The number of nitrogens with one attached hydrogen (secondary N) is 1. The van der Waals surface area contributed by atoms with E-state index in [1.165, 1.54) is 19.3 Å². The molecule has 0 aromatic carbocycles. The fourth-order valence-electron chi connectivity index (χ4n) is 2.56. The number of aromatic nitrogens is 3. The molecular formula is C12H22N4S. The molecule has 2 rings (SSSR count). The minimum Gasteiger partial charge on any atom is -0.341 e. The van der Waals surface area contributed by atoms with Gasteiger partial charge < -0.3 is 4.90 Å². The second-order valence-corrected chi connectivity index (χ2v) is 5.54. The molecule has 17 heavy (non-hydrogen) atoms. The summed E-state index contributed by atoms with van der Waals surface area (Å²) in [6.07, 6.45) is 3.86. The van der Waals surface area contributed by atoms with Crippen LogP contribution in [0.25, 0.3) is 0 Å². The lowest BCUT2D eigenvalue weighted by molar-refractivity contribution is 0.395. The molecular weight excluding hydrogens is 232 g/mol. The Bertz CT molecular complexity index is 420. The largest absolute Gasteiger partial charge is 0.341 e. The van der Waals surface area contributed by atoms with Crippen molar-refractivity contribution in [1.82, 2.24) is 14.8 Å². The smallest absolute Gasteiger partial charge is 0.225 e. The Balaban J connectivity index is 2.24. The van der Waals surface area contributed by atoms with Crippen molar-refractivity contribution in [2.45, 2.75) is 46.1 Å². The first kappa shape index (κ1) is 12.6. The number of rotatable bonds is 3. The van der Waals surface area contributed by atoms with E-state index in [0.717, 1.165) is 29.7 Å². The van der Waals surface area contributed by atoms with E-state index < -0.39 is 0 Å². The Morgan fingerprint density at radius 2 is 2.29 bits per heavy atom. The molecule has 5 heteroatoms. The average Bonchev–Trinajstić information content (AvgIpc) is 2.71. The lowest BCUT2D eigenvalue weighted by atomic mass is 9.96. The topological polar surface area (TPSA) is 36.9 Å². The van der Waals surface area contributed by atoms with E-state index in [9.17, 15) is 0 Å². The van der Waals surface area contributed by atoms with Crippen LogP contribution in [0.2, 0.25) is 0 Å². The Hall–Kier alpha value is -0.840. The third-order valence-electron chi connectivity index (χ3n) is 3.58. The summed E-state index contributed by atoms with van der Waals surface area (Å²) >= 11 is 5.29. The number of H-pyrrole nitrogens is 1. The predicted octanol–water partition coefficient (Wildman–Crippen LogP) is 3.15. The first-order chi connectivity index (χ1) is 8.13. The van der Waals surface area contributed by atoms with Crippen molar-refractivity contribution in [1.29, 1.82) is 0 Å². The van der Waals surface area contributed by atoms with Crippen LogP contribution in [0.5, 0.6) is 0 Å². The molecule has 0 spiro atoms. The summed E-state index contributed by atoms with van der Waals surface area (Å²) < 4.78 is 2.85. The quantitative estimate of drug-likeness (QED) is 0.842. The zero-order chi connectivity index (χ0) is 12.4. The van der Waals surface area contributed by atoms with E-state index in [0.29, 0.717) is 6.04 Å². The summed E-state index contributed by atoms with van der Waals surface area (Å²) in [4.78, 5) is 2.38. The Kier molecular flexibility index (Phi) is 3.86. The summed E-state index contributed by atoms with van der Waals surface area (Å²) in [5.41, 5.74) is 0. The summed E-state index contributed by atoms with van der Waals surface area (Å²) in [7, 11) is 0. The normalized spacial score (nSPS) is 21.2. The van der Waals surface area contributed by atoms with E-state index in [1.54, 1.807) is 0 Å². The van der Waals surface area contributed by atoms with Crippen molar-refractivity contribution in [2.24, 2.45) is 5.92 Å². The van der Waals surface area contributed by atoms with Gasteiger partial charge in [0.15, 0.2) is 4.77 Å². The van der Waals surface area contributed by atoms with Crippen LogP contribution in [0.15, 0.2) is 0 Å². The van der Waals surface area contributed by atoms with E-state index in [-0.39, 0.29) is 0 Å². The van der Waals surface area contributed by atoms with Gasteiger partial charge in [-0.1, -0.05) is 13.3 Å². The molecule has 1 unspecified atom stereocenters. The molecule has 0 amide bonds. The Morgan fingerprint density at radius 1 is 1.53 bits per heavy atom. The van der Waals surface area contributed by atoms with Crippen LogP contribution < -0.4 is 4.90 Å². The fourth-order valence-corrected chi connectivity index (χ4v) is 2.90. The average molecular weight is 254 g/mol. The molecule has 0 radical (unpaired) electrons. The van der Waals surface area contributed by atoms with Gasteiger partial charge in [-0.15, -0.1) is 5.10 Å². The summed E-state index contributed by atoms with van der Waals surface area (Å²) in [6.45, 7) is 8.78. The molecule has 1 aliphatic rings. The fraction of sp³-hybridized carbons (Fsp3) is 0.833. The van der Waals surface area contributed by atoms with Gasteiger partial charge in [0.2, 0.25) is 5.95 Å². The monoisotopic (exact) mass is 254 g/mol. The van der Waals surface area contributed by atoms with E-state index in [2.05, 4.69) is 40.4 Å². The highest BCUT2D eigenvalue weighted by molar-refractivity contribution is 7.71. The van der Waals surface area contributed by atoms with Gasteiger partial charge in [-0.3, -0.25) is 4.57 Å². The lowest BCUT2D eigenvalue weighted by Gasteiger charge is -2.33. The van der Waals surface area contributed by atoms with Crippen molar-refractivity contribution in [3.63, 3.8) is 0 Å². The first-order valence-electron chi connectivity index (χ1n) is 6.55. The molecule has 1 atom stereocenters. The van der Waals surface area contributed by atoms with Crippen LogP contribution in [0.1, 0.15) is 46.1 Å². The van der Waals surface area contributed by atoms with Gasteiger partial charge in [-0.05, 0) is 44.8 Å². The lowest BCUT2D eigenvalue weighted by Crippen LogP contribution is -2.37. The second kappa shape index (κ2) is 5.21. The highest BCUT2D eigenvalue weighted by Crippen LogP contribution is 2.25. The summed E-state index contributed by atoms with van der Waals surface area (Å²) in [6, 6.07) is 0.359. The van der Waals surface area contributed by atoms with Crippen LogP contribution in [0.4, 0.5) is 5.95 Å². The maximum absolute atomic E-state index is 5.29. The third-order valence-corrected chi connectivity index (χ3v) is 3.87. The molecule has 0 aliphatic carbocycles. The van der Waals surface area contributed by atoms with Crippen molar-refractivity contribution in [2.75, 3.05) is 18.0 Å². The van der Waals surface area contributed by atoms with Gasteiger partial charge in [0.05, 0.1) is 0 Å². The van der Waals surface area contributed by atoms with E-state index in [1.807, 2.05) is 0 Å². The molecule has 1 N–H and O–H groups in total. The molecule has 1 aromatic heterocycles. The van der Waals surface area contributed by atoms with Gasteiger partial charge in [0.25, 0.3) is 0 Å². The zero-order valence-corrected chi connectivity index (χ0v) is 11.8. The van der Waals surface area contributed by atoms with Gasteiger partial charge >= 0.3 is 0 Å². The third kappa shape index (κ3) is 2.54. The van der Waals surface area contributed by atoms with Gasteiger partial charge in [0, 0.05) is 19.1 Å². The molecule has 0 saturated carbocycles. The van der Waals surface area contributed by atoms with Crippen LogP contribution >= 0.6 is 12.2 Å². The molecule has 1 saturated heterocycles. The Morgan fingerprint density at radius 3 is 2.94 bits per heavy atom. The molecule has 96 valence electrons. The van der Waals surface area contributed by atoms with Crippen LogP contribution in [-0.4, -0.2) is 27.9 Å². The molecule has 1 aliphatic heterocycles. The van der Waals surface area contributed by atoms with Crippen LogP contribution in [0, 0.1) is 10.7 Å². The van der Waals surface area contributed by atoms with Crippen molar-refractivity contribution in [3.05, 3.63) is 4.77 Å². The highest BCUT2D eigenvalue weighted by Gasteiger charge is 2.23. The van der Waals surface area contributed by atoms with Gasteiger partial charge in [-0.2, -0.15) is 0 Å². The van der Waals surface area contributed by atoms with E-state index in [4.69, 9.17) is 12.2 Å². The SMILES string of the molecule is CCC1CCCN(c2n[nH]c(=S)n2C(C)C)C1. The van der Waals surface area contributed by atoms with Crippen LogP contribution in [-0.2, 0) is 0 Å². The second-order valence-electron chi connectivity index (χ2n) is 5.16. The molecule has 2 heterocycles. The van der Waals surface area contributed by atoms with Crippen molar-refractivity contribution < 1.29 is 0 Å². The maximum Gasteiger partial charge on any atom is 0.225 e. The molecule has 0 bridgehead atoms. The van der Waals surface area contributed by atoms with Gasteiger partial charge in [-0.25, -0.2) is 5.10 Å². The number of anilines is 1. The van der Waals surface area contributed by atoms with Crippen molar-refractivity contribution in [3.8, 4) is 0 Å². The maximum atomic E-state index is 5.29. The zero-order valence-electron chi connectivity index (χ0n) is 10.9. The molecule has 4 nitrogen and oxygen atoms in total. The summed E-state index contributed by atoms with van der Waals surface area (Å²) in [5.74, 6) is 1.82.